The Bertz CT molecular complexity index is 453. The van der Waals surface area contributed by atoms with Crippen LogP contribution in [0.2, 0.25) is 0 Å². The van der Waals surface area contributed by atoms with Crippen LogP contribution in [0.4, 0.5) is 4.79 Å². The van der Waals surface area contributed by atoms with Gasteiger partial charge >= 0.3 is 6.09 Å². The van der Waals surface area contributed by atoms with Crippen molar-refractivity contribution in [3.63, 3.8) is 0 Å². The smallest absolute Gasteiger partial charge is 0.408 e. The Labute approximate surface area is 126 Å². The van der Waals surface area contributed by atoms with Crippen molar-refractivity contribution in [3.8, 4) is 5.75 Å². The number of alkyl carbamates (subject to hydrolysis) is 1. The van der Waals surface area contributed by atoms with E-state index in [0.29, 0.717) is 0 Å². The summed E-state index contributed by atoms with van der Waals surface area (Å²) >= 11 is 0. The molecule has 1 aliphatic rings. The summed E-state index contributed by atoms with van der Waals surface area (Å²) in [5.74, 6) is 0.848. The molecular formula is C17H25NO3. The zero-order valence-electron chi connectivity index (χ0n) is 13.1. The van der Waals surface area contributed by atoms with Crippen molar-refractivity contribution in [3.05, 3.63) is 30.3 Å². The maximum Gasteiger partial charge on any atom is 0.408 e. The van der Waals surface area contributed by atoms with Gasteiger partial charge in [-0.15, -0.1) is 0 Å². The van der Waals surface area contributed by atoms with Gasteiger partial charge in [0.1, 0.15) is 17.5 Å². The molecule has 1 aromatic rings. The minimum atomic E-state index is -0.478. The lowest BCUT2D eigenvalue weighted by atomic mass is 9.92. The molecule has 1 aromatic carbocycles. The molecule has 4 nitrogen and oxygen atoms in total. The molecule has 0 heterocycles. The molecule has 1 aliphatic carbocycles. The summed E-state index contributed by atoms with van der Waals surface area (Å²) in [7, 11) is 0. The molecule has 0 unspecified atom stereocenters. The maximum absolute atomic E-state index is 11.9. The number of benzene rings is 1. The molecule has 1 amide bonds. The molecule has 0 saturated heterocycles. The third kappa shape index (κ3) is 5.29. The summed E-state index contributed by atoms with van der Waals surface area (Å²) in [6, 6.07) is 9.76. The summed E-state index contributed by atoms with van der Waals surface area (Å²) in [6.07, 6.45) is 3.76. The number of hydrogen-bond donors (Lipinski definition) is 1. The number of carbonyl (C=O) groups excluding carboxylic acids is 1. The van der Waals surface area contributed by atoms with Gasteiger partial charge in [-0.3, -0.25) is 0 Å². The van der Waals surface area contributed by atoms with Crippen LogP contribution in [0.1, 0.15) is 46.5 Å². The first-order valence-electron chi connectivity index (χ1n) is 7.65. The monoisotopic (exact) mass is 291 g/mol. The third-order valence-corrected chi connectivity index (χ3v) is 3.44. The second-order valence-corrected chi connectivity index (χ2v) is 6.51. The van der Waals surface area contributed by atoms with Gasteiger partial charge in [0.05, 0.1) is 6.04 Å². The lowest BCUT2D eigenvalue weighted by Crippen LogP contribution is -2.49. The van der Waals surface area contributed by atoms with Gasteiger partial charge in [0.2, 0.25) is 0 Å². The largest absolute Gasteiger partial charge is 0.488 e. The Balaban J connectivity index is 1.94. The predicted octanol–water partition coefficient (Wildman–Crippen LogP) is 3.90. The van der Waals surface area contributed by atoms with E-state index in [1.807, 2.05) is 51.1 Å². The molecule has 0 aliphatic heterocycles. The number of nitrogens with one attached hydrogen (secondary N) is 1. The van der Waals surface area contributed by atoms with Gasteiger partial charge in [0.25, 0.3) is 0 Å². The first-order chi connectivity index (χ1) is 9.94. The van der Waals surface area contributed by atoms with Crippen molar-refractivity contribution in [2.24, 2.45) is 0 Å². The van der Waals surface area contributed by atoms with Crippen LogP contribution >= 0.6 is 0 Å². The van der Waals surface area contributed by atoms with Crippen molar-refractivity contribution >= 4 is 6.09 Å². The molecule has 0 spiro atoms. The van der Waals surface area contributed by atoms with Crippen LogP contribution in [-0.4, -0.2) is 23.8 Å². The fourth-order valence-electron chi connectivity index (χ4n) is 2.54. The van der Waals surface area contributed by atoms with E-state index in [4.69, 9.17) is 9.47 Å². The molecule has 0 aromatic heterocycles. The van der Waals surface area contributed by atoms with Gasteiger partial charge in [-0.2, -0.15) is 0 Å². The highest BCUT2D eigenvalue weighted by Gasteiger charge is 2.29. The highest BCUT2D eigenvalue weighted by Crippen LogP contribution is 2.24. The van der Waals surface area contributed by atoms with Crippen LogP contribution in [0.25, 0.3) is 0 Å². The number of hydrogen-bond acceptors (Lipinski definition) is 3. The van der Waals surface area contributed by atoms with E-state index in [1.54, 1.807) is 0 Å². The molecule has 21 heavy (non-hydrogen) atoms. The fourth-order valence-corrected chi connectivity index (χ4v) is 2.54. The van der Waals surface area contributed by atoms with Gasteiger partial charge < -0.3 is 14.8 Å². The van der Waals surface area contributed by atoms with Crippen LogP contribution in [0, 0.1) is 0 Å². The lowest BCUT2D eigenvalue weighted by Gasteiger charge is -2.33. The minimum Gasteiger partial charge on any atom is -0.488 e. The first-order valence-corrected chi connectivity index (χ1v) is 7.65. The SMILES string of the molecule is CC(C)(C)OC(=O)N[C@H]1CCCC[C@@H]1Oc1ccccc1. The van der Waals surface area contributed by atoms with Crippen LogP contribution in [-0.2, 0) is 4.74 Å². The number of amides is 1. The van der Waals surface area contributed by atoms with Gasteiger partial charge in [-0.05, 0) is 52.2 Å². The summed E-state index contributed by atoms with van der Waals surface area (Å²) < 4.78 is 11.4. The molecule has 1 saturated carbocycles. The Morgan fingerprint density at radius 1 is 1.14 bits per heavy atom. The quantitative estimate of drug-likeness (QED) is 0.918. The van der Waals surface area contributed by atoms with Crippen LogP contribution in [0.15, 0.2) is 30.3 Å². The topological polar surface area (TPSA) is 47.6 Å². The van der Waals surface area contributed by atoms with E-state index < -0.39 is 5.60 Å². The summed E-state index contributed by atoms with van der Waals surface area (Å²) in [5, 5.41) is 2.96. The van der Waals surface area contributed by atoms with E-state index in [9.17, 15) is 4.79 Å². The molecule has 4 heteroatoms. The number of ether oxygens (including phenoxy) is 2. The molecular weight excluding hydrogens is 266 g/mol. The Hall–Kier alpha value is -1.71. The highest BCUT2D eigenvalue weighted by molar-refractivity contribution is 5.68. The third-order valence-electron chi connectivity index (χ3n) is 3.44. The predicted molar refractivity (Wildman–Crippen MR) is 82.5 cm³/mol. The Kier molecular flexibility index (Phi) is 5.10. The van der Waals surface area contributed by atoms with E-state index >= 15 is 0 Å². The molecule has 2 rings (SSSR count). The average Bonchev–Trinajstić information content (AvgIpc) is 2.40. The van der Waals surface area contributed by atoms with Crippen molar-refractivity contribution in [2.75, 3.05) is 0 Å². The van der Waals surface area contributed by atoms with Crippen LogP contribution < -0.4 is 10.1 Å². The standard InChI is InChI=1S/C17H25NO3/c1-17(2,3)21-16(19)18-14-11-7-8-12-15(14)20-13-9-5-4-6-10-13/h4-6,9-10,14-15H,7-8,11-12H2,1-3H3,(H,18,19)/t14-,15-/m0/s1. The number of carbonyl (C=O) groups is 1. The maximum atomic E-state index is 11.9. The summed E-state index contributed by atoms with van der Waals surface area (Å²) in [6.45, 7) is 5.60. The second kappa shape index (κ2) is 6.83. The van der Waals surface area contributed by atoms with Crippen LogP contribution in [0.5, 0.6) is 5.75 Å². The summed E-state index contributed by atoms with van der Waals surface area (Å²) in [4.78, 5) is 11.9. The fraction of sp³-hybridized carbons (Fsp3) is 0.588. The molecule has 0 radical (unpaired) electrons. The average molecular weight is 291 g/mol. The zero-order valence-corrected chi connectivity index (χ0v) is 13.1. The van der Waals surface area contributed by atoms with Gasteiger partial charge in [0.15, 0.2) is 0 Å². The van der Waals surface area contributed by atoms with Gasteiger partial charge in [-0.1, -0.05) is 24.6 Å². The van der Waals surface area contributed by atoms with E-state index in [-0.39, 0.29) is 18.2 Å². The zero-order chi connectivity index (χ0) is 15.3. The normalized spacial score (nSPS) is 22.4. The summed E-state index contributed by atoms with van der Waals surface area (Å²) in [5.41, 5.74) is -0.478. The first kappa shape index (κ1) is 15.7. The lowest BCUT2D eigenvalue weighted by molar-refractivity contribution is 0.0402. The van der Waals surface area contributed by atoms with E-state index in [1.165, 1.54) is 0 Å². The highest BCUT2D eigenvalue weighted by atomic mass is 16.6. The Morgan fingerprint density at radius 2 is 1.81 bits per heavy atom. The van der Waals surface area contributed by atoms with E-state index in [0.717, 1.165) is 31.4 Å². The van der Waals surface area contributed by atoms with Crippen molar-refractivity contribution in [1.82, 2.24) is 5.32 Å². The molecule has 116 valence electrons. The molecule has 1 fully saturated rings. The van der Waals surface area contributed by atoms with Gasteiger partial charge in [-0.25, -0.2) is 4.79 Å². The molecule has 1 N–H and O–H groups in total. The van der Waals surface area contributed by atoms with Crippen molar-refractivity contribution in [1.29, 1.82) is 0 Å². The molecule has 0 bridgehead atoms. The number of rotatable bonds is 3. The number of para-hydroxylation sites is 1. The van der Waals surface area contributed by atoms with Gasteiger partial charge in [0, 0.05) is 0 Å². The Morgan fingerprint density at radius 3 is 2.48 bits per heavy atom. The van der Waals surface area contributed by atoms with Crippen molar-refractivity contribution in [2.45, 2.75) is 64.2 Å². The van der Waals surface area contributed by atoms with E-state index in [2.05, 4.69) is 5.32 Å². The van der Waals surface area contributed by atoms with Crippen molar-refractivity contribution < 1.29 is 14.3 Å². The second-order valence-electron chi connectivity index (χ2n) is 6.51. The molecule has 2 atom stereocenters. The minimum absolute atomic E-state index is 0.00803. The van der Waals surface area contributed by atoms with Crippen LogP contribution in [0.3, 0.4) is 0 Å².